The minimum Gasteiger partial charge on any atom is -0.372 e. The molecule has 0 aliphatic heterocycles. The number of benzene rings is 2. The van der Waals surface area contributed by atoms with Gasteiger partial charge in [0.25, 0.3) is 0 Å². The molecule has 2 atom stereocenters. The van der Waals surface area contributed by atoms with Crippen LogP contribution in [0.25, 0.3) is 0 Å². The molecule has 0 heterocycles. The van der Waals surface area contributed by atoms with E-state index in [2.05, 4.69) is 0 Å². The third-order valence-corrected chi connectivity index (χ3v) is 4.79. The highest BCUT2D eigenvalue weighted by Crippen LogP contribution is 2.21. The van der Waals surface area contributed by atoms with E-state index in [1.54, 1.807) is 24.3 Å². The highest BCUT2D eigenvalue weighted by atomic mass is 35.5. The van der Waals surface area contributed by atoms with E-state index in [-0.39, 0.29) is 30.3 Å². The quantitative estimate of drug-likeness (QED) is 0.760. The Kier molecular flexibility index (Phi) is 7.45. The molecule has 0 saturated heterocycles. The second kappa shape index (κ2) is 9.35. The molecule has 25 heavy (non-hydrogen) atoms. The molecule has 2 aromatic rings. The first-order valence-electron chi connectivity index (χ1n) is 8.40. The minimum atomic E-state index is -0.00608. The van der Waals surface area contributed by atoms with E-state index in [0.29, 0.717) is 22.8 Å². The van der Waals surface area contributed by atoms with Crippen molar-refractivity contribution in [2.24, 2.45) is 5.73 Å². The molecule has 0 aromatic heterocycles. The van der Waals surface area contributed by atoms with Crippen LogP contribution in [0.5, 0.6) is 0 Å². The van der Waals surface area contributed by atoms with Gasteiger partial charge in [-0.05, 0) is 42.7 Å². The monoisotopic (exact) mass is 379 g/mol. The zero-order chi connectivity index (χ0) is 16.9. The average molecular weight is 380 g/mol. The molecule has 134 valence electrons. The molecule has 0 bridgehead atoms. The summed E-state index contributed by atoms with van der Waals surface area (Å²) in [4.78, 5) is 12.4. The van der Waals surface area contributed by atoms with Gasteiger partial charge in [0.15, 0.2) is 5.78 Å². The molecular weight excluding hydrogens is 357 g/mol. The van der Waals surface area contributed by atoms with Gasteiger partial charge in [0.2, 0.25) is 0 Å². The lowest BCUT2D eigenvalue weighted by atomic mass is 9.93. The van der Waals surface area contributed by atoms with E-state index >= 15 is 0 Å². The minimum absolute atomic E-state index is 0. The van der Waals surface area contributed by atoms with Crippen molar-refractivity contribution in [2.45, 2.75) is 44.4 Å². The molecule has 1 fully saturated rings. The number of ether oxygens (including phenoxy) is 1. The van der Waals surface area contributed by atoms with Crippen LogP contribution >= 0.6 is 24.0 Å². The number of hydrogen-bond acceptors (Lipinski definition) is 3. The molecule has 2 aromatic carbocycles. The normalized spacial score (nSPS) is 19.9. The van der Waals surface area contributed by atoms with Crippen LogP contribution in [0.4, 0.5) is 0 Å². The van der Waals surface area contributed by atoms with Crippen LogP contribution in [-0.2, 0) is 11.3 Å². The van der Waals surface area contributed by atoms with E-state index in [9.17, 15) is 4.79 Å². The SMILES string of the molecule is Cl.N[C@@H]1CCCC[C@H]1OCc1ccc(C(=O)c2ccc(Cl)cc2)cc1. The molecule has 0 unspecified atom stereocenters. The standard InChI is InChI=1S/C20H22ClNO2.ClH/c21-17-11-9-16(10-12-17)20(23)15-7-5-14(6-8-15)13-24-19-4-2-1-3-18(19)22;/h5-12,18-19H,1-4,13,22H2;1H/t18-,19-;/m1./s1. The first-order valence-corrected chi connectivity index (χ1v) is 8.77. The Morgan fingerprint density at radius 1 is 1.00 bits per heavy atom. The van der Waals surface area contributed by atoms with Crippen LogP contribution < -0.4 is 5.73 Å². The first-order chi connectivity index (χ1) is 11.6. The van der Waals surface area contributed by atoms with Gasteiger partial charge >= 0.3 is 0 Å². The fourth-order valence-corrected chi connectivity index (χ4v) is 3.18. The second-order valence-electron chi connectivity index (χ2n) is 6.33. The van der Waals surface area contributed by atoms with Gasteiger partial charge in [-0.25, -0.2) is 0 Å². The zero-order valence-corrected chi connectivity index (χ0v) is 15.6. The van der Waals surface area contributed by atoms with Gasteiger partial charge in [-0.2, -0.15) is 0 Å². The molecular formula is C20H23Cl2NO2. The van der Waals surface area contributed by atoms with E-state index in [0.717, 1.165) is 18.4 Å². The van der Waals surface area contributed by atoms with Gasteiger partial charge < -0.3 is 10.5 Å². The maximum absolute atomic E-state index is 12.4. The summed E-state index contributed by atoms with van der Waals surface area (Å²) >= 11 is 5.86. The molecule has 2 N–H and O–H groups in total. The Morgan fingerprint density at radius 2 is 1.56 bits per heavy atom. The van der Waals surface area contributed by atoms with Gasteiger partial charge in [-0.1, -0.05) is 48.7 Å². The van der Waals surface area contributed by atoms with Crippen molar-refractivity contribution in [1.29, 1.82) is 0 Å². The maximum atomic E-state index is 12.4. The average Bonchev–Trinajstić information content (AvgIpc) is 2.62. The molecule has 0 amide bonds. The number of halogens is 2. The van der Waals surface area contributed by atoms with E-state index < -0.39 is 0 Å². The van der Waals surface area contributed by atoms with Crippen molar-refractivity contribution in [3.63, 3.8) is 0 Å². The summed E-state index contributed by atoms with van der Waals surface area (Å²) in [6, 6.07) is 14.7. The number of carbonyl (C=O) groups excluding carboxylic acids is 1. The summed E-state index contributed by atoms with van der Waals surface area (Å²) in [5.74, 6) is -0.00608. The second-order valence-corrected chi connectivity index (χ2v) is 6.77. The Bertz CT molecular complexity index is 686. The molecule has 0 radical (unpaired) electrons. The van der Waals surface area contributed by atoms with Crippen LogP contribution in [0, 0.1) is 0 Å². The highest BCUT2D eigenvalue weighted by molar-refractivity contribution is 6.30. The molecule has 0 spiro atoms. The van der Waals surface area contributed by atoms with Crippen LogP contribution in [0.1, 0.15) is 47.2 Å². The number of nitrogens with two attached hydrogens (primary N) is 1. The summed E-state index contributed by atoms with van der Waals surface area (Å²) in [5.41, 5.74) is 8.46. The highest BCUT2D eigenvalue weighted by Gasteiger charge is 2.22. The lowest BCUT2D eigenvalue weighted by molar-refractivity contribution is 0.00404. The summed E-state index contributed by atoms with van der Waals surface area (Å²) in [6.07, 6.45) is 4.61. The van der Waals surface area contributed by atoms with Gasteiger partial charge in [-0.3, -0.25) is 4.79 Å². The lowest BCUT2D eigenvalue weighted by Gasteiger charge is -2.28. The summed E-state index contributed by atoms with van der Waals surface area (Å²) in [6.45, 7) is 0.535. The number of hydrogen-bond donors (Lipinski definition) is 1. The molecule has 3 rings (SSSR count). The van der Waals surface area contributed by atoms with Crippen LogP contribution in [-0.4, -0.2) is 17.9 Å². The molecule has 1 aliphatic carbocycles. The van der Waals surface area contributed by atoms with E-state index in [1.165, 1.54) is 12.8 Å². The fourth-order valence-electron chi connectivity index (χ4n) is 3.06. The van der Waals surface area contributed by atoms with Crippen molar-refractivity contribution in [3.8, 4) is 0 Å². The van der Waals surface area contributed by atoms with Crippen molar-refractivity contribution in [2.75, 3.05) is 0 Å². The third-order valence-electron chi connectivity index (χ3n) is 4.54. The van der Waals surface area contributed by atoms with Crippen LogP contribution in [0.15, 0.2) is 48.5 Å². The van der Waals surface area contributed by atoms with Crippen molar-refractivity contribution >= 4 is 29.8 Å². The topological polar surface area (TPSA) is 52.3 Å². The van der Waals surface area contributed by atoms with Gasteiger partial charge in [-0.15, -0.1) is 12.4 Å². The van der Waals surface area contributed by atoms with Gasteiger partial charge in [0.1, 0.15) is 0 Å². The maximum Gasteiger partial charge on any atom is 0.193 e. The number of ketones is 1. The lowest BCUT2D eigenvalue weighted by Crippen LogP contribution is -2.39. The zero-order valence-electron chi connectivity index (χ0n) is 14.0. The smallest absolute Gasteiger partial charge is 0.193 e. The Balaban J connectivity index is 0.00000225. The van der Waals surface area contributed by atoms with Crippen LogP contribution in [0.2, 0.25) is 5.02 Å². The summed E-state index contributed by atoms with van der Waals surface area (Å²) < 4.78 is 5.95. The van der Waals surface area contributed by atoms with E-state index in [4.69, 9.17) is 22.1 Å². The summed E-state index contributed by atoms with van der Waals surface area (Å²) in [5, 5.41) is 0.625. The largest absolute Gasteiger partial charge is 0.372 e. The Morgan fingerprint density at radius 3 is 2.16 bits per heavy atom. The van der Waals surface area contributed by atoms with Crippen molar-refractivity contribution in [3.05, 3.63) is 70.2 Å². The van der Waals surface area contributed by atoms with Crippen LogP contribution in [0.3, 0.4) is 0 Å². The molecule has 1 aliphatic rings. The molecule has 1 saturated carbocycles. The fraction of sp³-hybridized carbons (Fsp3) is 0.350. The van der Waals surface area contributed by atoms with Crippen molar-refractivity contribution in [1.82, 2.24) is 0 Å². The van der Waals surface area contributed by atoms with Gasteiger partial charge in [0, 0.05) is 22.2 Å². The number of carbonyl (C=O) groups is 1. The predicted octanol–water partition coefficient (Wildman–Crippen LogP) is 4.78. The predicted molar refractivity (Wildman–Crippen MR) is 104 cm³/mol. The Labute approximate surface area is 159 Å². The van der Waals surface area contributed by atoms with Crippen molar-refractivity contribution < 1.29 is 9.53 Å². The van der Waals surface area contributed by atoms with Gasteiger partial charge in [0.05, 0.1) is 12.7 Å². The first kappa shape index (κ1) is 19.9. The summed E-state index contributed by atoms with van der Waals surface area (Å²) in [7, 11) is 0. The number of rotatable bonds is 5. The third kappa shape index (κ3) is 5.29. The van der Waals surface area contributed by atoms with E-state index in [1.807, 2.05) is 24.3 Å². The molecule has 5 heteroatoms. The Hall–Kier alpha value is -1.39. The molecule has 3 nitrogen and oxygen atoms in total.